The van der Waals surface area contributed by atoms with Gasteiger partial charge in [-0.15, -0.1) is 22.7 Å². The van der Waals surface area contributed by atoms with Crippen molar-refractivity contribution in [1.29, 1.82) is 0 Å². The second kappa shape index (κ2) is 9.77. The minimum Gasteiger partial charge on any atom is -0.301 e. The summed E-state index contributed by atoms with van der Waals surface area (Å²) < 4.78 is 6.46. The summed E-state index contributed by atoms with van der Waals surface area (Å²) in [5.41, 5.74) is 9.04. The van der Waals surface area contributed by atoms with Gasteiger partial charge in [-0.2, -0.15) is 0 Å². The Hall–Kier alpha value is -5.03. The fraction of sp³-hybridized carbons (Fsp3) is 0. The molecular formula is C39H24N2S2. The normalized spacial score (nSPS) is 11.7. The van der Waals surface area contributed by atoms with Crippen LogP contribution in [0.15, 0.2) is 146 Å². The molecule has 0 radical (unpaired) electrons. The van der Waals surface area contributed by atoms with Crippen LogP contribution in [0.5, 0.6) is 0 Å². The van der Waals surface area contributed by atoms with Crippen molar-refractivity contribution in [2.24, 2.45) is 0 Å². The topological polar surface area (TPSA) is 17.8 Å². The summed E-state index contributed by atoms with van der Waals surface area (Å²) in [7, 11) is 0. The molecule has 0 N–H and O–H groups in total. The van der Waals surface area contributed by atoms with Crippen LogP contribution >= 0.6 is 22.7 Å². The summed E-state index contributed by atoms with van der Waals surface area (Å²) in [5.74, 6) is 0. The van der Waals surface area contributed by atoms with Crippen molar-refractivity contribution in [3.8, 4) is 39.3 Å². The maximum absolute atomic E-state index is 5.20. The predicted molar refractivity (Wildman–Crippen MR) is 186 cm³/mol. The van der Waals surface area contributed by atoms with Gasteiger partial charge in [-0.1, -0.05) is 103 Å². The molecule has 9 rings (SSSR count). The largest absolute Gasteiger partial charge is 0.301 e. The molecule has 4 heteroatoms. The number of hydrogen-bond donors (Lipinski definition) is 0. The summed E-state index contributed by atoms with van der Waals surface area (Å²) in [5, 5.41) is 3.97. The van der Waals surface area contributed by atoms with Gasteiger partial charge >= 0.3 is 0 Å². The Balaban J connectivity index is 1.28. The van der Waals surface area contributed by atoms with Crippen molar-refractivity contribution in [1.82, 2.24) is 9.55 Å². The highest BCUT2D eigenvalue weighted by atomic mass is 32.1. The van der Waals surface area contributed by atoms with E-state index in [1.807, 2.05) is 22.7 Å². The third kappa shape index (κ3) is 3.95. The van der Waals surface area contributed by atoms with Crippen LogP contribution in [0, 0.1) is 0 Å². The van der Waals surface area contributed by atoms with Crippen LogP contribution < -0.4 is 0 Å². The monoisotopic (exact) mass is 584 g/mol. The Morgan fingerprint density at radius 1 is 0.465 bits per heavy atom. The Labute approximate surface area is 256 Å². The van der Waals surface area contributed by atoms with E-state index in [0.29, 0.717) is 0 Å². The second-order valence-corrected chi connectivity index (χ2v) is 12.9. The van der Waals surface area contributed by atoms with E-state index in [9.17, 15) is 0 Å². The fourth-order valence-electron chi connectivity index (χ4n) is 6.20. The van der Waals surface area contributed by atoms with Crippen molar-refractivity contribution >= 4 is 63.3 Å². The minimum absolute atomic E-state index is 0.984. The third-order valence-corrected chi connectivity index (χ3v) is 10.7. The summed E-state index contributed by atoms with van der Waals surface area (Å²) in [6.45, 7) is 0. The zero-order chi connectivity index (χ0) is 28.3. The van der Waals surface area contributed by atoms with E-state index in [-0.39, 0.29) is 0 Å². The molecule has 0 bridgehead atoms. The first-order valence-corrected chi connectivity index (χ1v) is 16.0. The smallest absolute Gasteiger partial charge is 0.110 e. The van der Waals surface area contributed by atoms with Crippen LogP contribution in [0.25, 0.3) is 79.9 Å². The first-order chi connectivity index (χ1) is 21.3. The van der Waals surface area contributed by atoms with Gasteiger partial charge < -0.3 is 4.57 Å². The molecule has 0 saturated heterocycles. The molecule has 0 saturated carbocycles. The molecule has 0 aliphatic heterocycles. The molecule has 5 aromatic carbocycles. The number of hydrogen-bond acceptors (Lipinski definition) is 3. The lowest BCUT2D eigenvalue weighted by molar-refractivity contribution is 1.19. The minimum atomic E-state index is 0.984. The van der Waals surface area contributed by atoms with Gasteiger partial charge in [0.1, 0.15) is 4.83 Å². The molecule has 0 amide bonds. The van der Waals surface area contributed by atoms with Crippen molar-refractivity contribution in [2.45, 2.75) is 0 Å². The van der Waals surface area contributed by atoms with Crippen LogP contribution in [-0.4, -0.2) is 9.55 Å². The summed E-state index contributed by atoms with van der Waals surface area (Å²) in [6.07, 6.45) is 0. The predicted octanol–water partition coefficient (Wildman–Crippen LogP) is 11.6. The van der Waals surface area contributed by atoms with Crippen LogP contribution in [0.3, 0.4) is 0 Å². The molecule has 2 nitrogen and oxygen atoms in total. The molecular weight excluding hydrogens is 561 g/mol. The average Bonchev–Trinajstić information content (AvgIpc) is 3.72. The number of pyridine rings is 1. The number of aromatic nitrogens is 2. The highest BCUT2D eigenvalue weighted by Crippen LogP contribution is 2.49. The van der Waals surface area contributed by atoms with E-state index in [4.69, 9.17) is 4.98 Å². The Kier molecular flexibility index (Phi) is 5.58. The Bertz CT molecular complexity index is 2380. The van der Waals surface area contributed by atoms with E-state index >= 15 is 0 Å². The van der Waals surface area contributed by atoms with Crippen LogP contribution in [-0.2, 0) is 0 Å². The number of fused-ring (bicyclic) bond motifs is 7. The lowest BCUT2D eigenvalue weighted by atomic mass is 9.99. The van der Waals surface area contributed by atoms with E-state index in [0.717, 1.165) is 22.5 Å². The van der Waals surface area contributed by atoms with E-state index in [2.05, 4.69) is 150 Å². The molecule has 4 aromatic heterocycles. The number of nitrogens with zero attached hydrogens (tertiary/aromatic N) is 2. The fourth-order valence-corrected chi connectivity index (χ4v) is 8.99. The first-order valence-electron chi connectivity index (χ1n) is 14.4. The number of para-hydroxylation sites is 2. The zero-order valence-electron chi connectivity index (χ0n) is 23.1. The van der Waals surface area contributed by atoms with Gasteiger partial charge in [-0.05, 0) is 53.6 Å². The van der Waals surface area contributed by atoms with Crippen LogP contribution in [0.2, 0.25) is 0 Å². The van der Waals surface area contributed by atoms with Gasteiger partial charge in [0.05, 0.1) is 26.3 Å². The molecule has 0 aliphatic rings. The lowest BCUT2D eigenvalue weighted by Crippen LogP contribution is -1.91. The van der Waals surface area contributed by atoms with E-state index in [1.165, 1.54) is 57.4 Å². The van der Waals surface area contributed by atoms with Crippen molar-refractivity contribution < 1.29 is 0 Å². The van der Waals surface area contributed by atoms with Crippen LogP contribution in [0.4, 0.5) is 0 Å². The molecule has 43 heavy (non-hydrogen) atoms. The SMILES string of the molecule is c1ccc(-c2cc(-c3ccccc3)nc(-c3ccc4sc5c(sc6c5c5ccccc5n6-c5ccccc5)c4c3)c2)cc1. The number of thiophene rings is 2. The second-order valence-electron chi connectivity index (χ2n) is 10.8. The maximum Gasteiger partial charge on any atom is 0.110 e. The van der Waals surface area contributed by atoms with Crippen molar-refractivity contribution in [2.75, 3.05) is 0 Å². The molecule has 0 spiro atoms. The molecule has 9 aromatic rings. The van der Waals surface area contributed by atoms with E-state index < -0.39 is 0 Å². The molecule has 0 aliphatic carbocycles. The van der Waals surface area contributed by atoms with Gasteiger partial charge in [0.15, 0.2) is 0 Å². The van der Waals surface area contributed by atoms with Gasteiger partial charge in [0.2, 0.25) is 0 Å². The highest BCUT2D eigenvalue weighted by molar-refractivity contribution is 7.36. The van der Waals surface area contributed by atoms with Crippen molar-refractivity contribution in [3.05, 3.63) is 146 Å². The molecule has 0 unspecified atom stereocenters. The molecule has 0 fully saturated rings. The summed E-state index contributed by atoms with van der Waals surface area (Å²) in [6, 6.07) is 51.9. The first kappa shape index (κ1) is 24.6. The van der Waals surface area contributed by atoms with Gasteiger partial charge in [-0.3, -0.25) is 0 Å². The highest BCUT2D eigenvalue weighted by Gasteiger charge is 2.21. The molecule has 0 atom stereocenters. The quantitative estimate of drug-likeness (QED) is 0.201. The third-order valence-electron chi connectivity index (χ3n) is 8.21. The zero-order valence-corrected chi connectivity index (χ0v) is 24.7. The Morgan fingerprint density at radius 3 is 1.88 bits per heavy atom. The van der Waals surface area contributed by atoms with Gasteiger partial charge in [-0.25, -0.2) is 4.98 Å². The van der Waals surface area contributed by atoms with Crippen molar-refractivity contribution in [3.63, 3.8) is 0 Å². The standard InChI is InChI=1S/C39H24N2S2/c1-4-12-25(13-5-1)28-23-32(26-14-6-2-7-15-26)40-33(24-28)27-20-21-35-31(22-27)37-38(42-35)36-30-18-10-11-19-34(30)41(39(36)43-37)29-16-8-3-9-17-29/h1-24H. The average molecular weight is 585 g/mol. The van der Waals surface area contributed by atoms with Gasteiger partial charge in [0.25, 0.3) is 0 Å². The Morgan fingerprint density at radius 2 is 1.12 bits per heavy atom. The number of benzene rings is 5. The maximum atomic E-state index is 5.20. The lowest BCUT2D eigenvalue weighted by Gasteiger charge is -2.10. The summed E-state index contributed by atoms with van der Waals surface area (Å²) >= 11 is 3.80. The molecule has 4 heterocycles. The summed E-state index contributed by atoms with van der Waals surface area (Å²) in [4.78, 5) is 6.50. The van der Waals surface area contributed by atoms with Gasteiger partial charge in [0, 0.05) is 37.7 Å². The van der Waals surface area contributed by atoms with E-state index in [1.54, 1.807) is 0 Å². The molecule has 202 valence electrons. The van der Waals surface area contributed by atoms with Crippen LogP contribution in [0.1, 0.15) is 0 Å². The number of rotatable bonds is 4.